The average Bonchev–Trinajstić information content (AvgIpc) is 3.18. The summed E-state index contributed by atoms with van der Waals surface area (Å²) >= 11 is 1.58. The third-order valence-electron chi connectivity index (χ3n) is 10.9. The van der Waals surface area contributed by atoms with Crippen molar-refractivity contribution in [2.24, 2.45) is 0 Å². The van der Waals surface area contributed by atoms with Crippen molar-refractivity contribution in [3.05, 3.63) is 168 Å². The van der Waals surface area contributed by atoms with E-state index < -0.39 is 43.3 Å². The first-order valence-electron chi connectivity index (χ1n) is 18.7. The predicted octanol–water partition coefficient (Wildman–Crippen LogP) is 10.2. The summed E-state index contributed by atoms with van der Waals surface area (Å²) in [6, 6.07) is 48.9. The van der Waals surface area contributed by atoms with E-state index in [1.807, 2.05) is 104 Å². The molecule has 54 heavy (non-hydrogen) atoms. The van der Waals surface area contributed by atoms with Crippen LogP contribution >= 0.6 is 11.8 Å². The summed E-state index contributed by atoms with van der Waals surface area (Å²) in [5.74, 6) is 0.778. The molecule has 0 aromatic heterocycles. The summed E-state index contributed by atoms with van der Waals surface area (Å²) in [7, 11) is -0.817. The van der Waals surface area contributed by atoms with Gasteiger partial charge in [0.15, 0.2) is 8.32 Å². The minimum absolute atomic E-state index is 0.0695. The zero-order valence-corrected chi connectivity index (χ0v) is 34.3. The Kier molecular flexibility index (Phi) is 12.5. The minimum atomic E-state index is -2.47. The second-order valence-corrected chi connectivity index (χ2v) is 21.6. The van der Waals surface area contributed by atoms with E-state index in [9.17, 15) is 5.11 Å². The van der Waals surface area contributed by atoms with Crippen LogP contribution in [0, 0.1) is 0 Å². The normalized spacial score (nSPS) is 22.1. The third-order valence-corrected chi connectivity index (χ3v) is 16.5. The predicted molar refractivity (Wildman–Crippen MR) is 220 cm³/mol. The van der Waals surface area contributed by atoms with E-state index in [0.717, 1.165) is 32.9 Å². The van der Waals surface area contributed by atoms with Crippen molar-refractivity contribution in [3.8, 4) is 5.75 Å². The fourth-order valence-corrected chi connectivity index (χ4v) is 9.19. The van der Waals surface area contributed by atoms with Crippen LogP contribution < -0.4 is 4.74 Å². The highest BCUT2D eigenvalue weighted by Crippen LogP contribution is 2.47. The maximum atomic E-state index is 12.9. The Morgan fingerprint density at radius 1 is 0.722 bits per heavy atom. The monoisotopic (exact) mass is 762 g/mol. The molecule has 5 aromatic carbocycles. The van der Waals surface area contributed by atoms with Crippen LogP contribution in [0.2, 0.25) is 18.1 Å². The Bertz CT molecular complexity index is 1790. The lowest BCUT2D eigenvalue weighted by Gasteiger charge is -2.53. The van der Waals surface area contributed by atoms with E-state index in [1.54, 1.807) is 18.9 Å². The van der Waals surface area contributed by atoms with Crippen molar-refractivity contribution >= 4 is 20.1 Å². The quantitative estimate of drug-likeness (QED) is 0.0893. The van der Waals surface area contributed by atoms with Crippen LogP contribution in [0.15, 0.2) is 150 Å². The molecule has 5 aromatic rings. The number of methoxy groups -OCH3 is 1. The van der Waals surface area contributed by atoms with Gasteiger partial charge in [0.25, 0.3) is 0 Å². The van der Waals surface area contributed by atoms with Crippen LogP contribution in [0.3, 0.4) is 0 Å². The van der Waals surface area contributed by atoms with Gasteiger partial charge in [-0.1, -0.05) is 154 Å². The Morgan fingerprint density at radius 2 is 1.20 bits per heavy atom. The molecular weight excluding hydrogens is 709 g/mol. The number of ether oxygens (including phenoxy) is 4. The third kappa shape index (κ3) is 8.71. The van der Waals surface area contributed by atoms with E-state index in [2.05, 4.69) is 82.4 Å². The molecule has 1 saturated heterocycles. The number of benzene rings is 5. The molecular formula is C46H54O6SSi. The summed E-state index contributed by atoms with van der Waals surface area (Å²) in [5.41, 5.74) is 0.864. The van der Waals surface area contributed by atoms with Crippen LogP contribution in [0.1, 0.15) is 49.9 Å². The highest BCUT2D eigenvalue weighted by atomic mass is 32.2. The van der Waals surface area contributed by atoms with Crippen LogP contribution in [0.4, 0.5) is 0 Å². The lowest BCUT2D eigenvalue weighted by molar-refractivity contribution is -0.264. The maximum Gasteiger partial charge on any atom is 0.192 e. The van der Waals surface area contributed by atoms with Crippen LogP contribution in [-0.2, 0) is 30.8 Å². The smallest absolute Gasteiger partial charge is 0.192 e. The van der Waals surface area contributed by atoms with Crippen molar-refractivity contribution in [1.29, 1.82) is 0 Å². The van der Waals surface area contributed by atoms with E-state index in [-0.39, 0.29) is 11.6 Å². The van der Waals surface area contributed by atoms with Crippen molar-refractivity contribution in [2.45, 2.75) is 92.3 Å². The van der Waals surface area contributed by atoms with Crippen molar-refractivity contribution in [3.63, 3.8) is 0 Å². The van der Waals surface area contributed by atoms with Gasteiger partial charge in [0.1, 0.15) is 40.7 Å². The fourth-order valence-electron chi connectivity index (χ4n) is 6.70. The van der Waals surface area contributed by atoms with Gasteiger partial charge in [0.2, 0.25) is 0 Å². The van der Waals surface area contributed by atoms with Gasteiger partial charge in [-0.05, 0) is 71.6 Å². The molecule has 1 aliphatic rings. The molecule has 0 spiro atoms. The van der Waals surface area contributed by atoms with Gasteiger partial charge < -0.3 is 28.5 Å². The number of rotatable bonds is 14. The Balaban J connectivity index is 1.43. The highest BCUT2D eigenvalue weighted by Gasteiger charge is 2.57. The fraction of sp³-hybridized carbons (Fsp3) is 0.348. The molecule has 6 rings (SSSR count). The van der Waals surface area contributed by atoms with Crippen molar-refractivity contribution < 1.29 is 28.5 Å². The summed E-state index contributed by atoms with van der Waals surface area (Å²) < 4.78 is 33.9. The van der Waals surface area contributed by atoms with E-state index >= 15 is 0 Å². The van der Waals surface area contributed by atoms with E-state index in [4.69, 9.17) is 23.4 Å². The summed E-state index contributed by atoms with van der Waals surface area (Å²) in [5, 5.41) is 12.8. The Hall–Kier alpha value is -3.73. The zero-order chi connectivity index (χ0) is 38.4. The van der Waals surface area contributed by atoms with E-state index in [1.165, 1.54) is 0 Å². The maximum absolute atomic E-state index is 12.9. The molecule has 284 valence electrons. The number of thioether (sulfide) groups is 1. The minimum Gasteiger partial charge on any atom is -0.497 e. The second kappa shape index (κ2) is 17.0. The molecule has 1 N–H and O–H groups in total. The molecule has 0 aliphatic carbocycles. The lowest BCUT2D eigenvalue weighted by Crippen LogP contribution is -2.68. The second-order valence-electron chi connectivity index (χ2n) is 15.7. The number of hydrogen-bond acceptors (Lipinski definition) is 7. The molecule has 0 radical (unpaired) electrons. The Labute approximate surface area is 326 Å². The highest BCUT2D eigenvalue weighted by molar-refractivity contribution is 7.99. The molecule has 6 nitrogen and oxygen atoms in total. The first-order chi connectivity index (χ1) is 25.8. The van der Waals surface area contributed by atoms with Crippen LogP contribution in [0.25, 0.3) is 0 Å². The first-order valence-corrected chi connectivity index (χ1v) is 22.5. The summed E-state index contributed by atoms with van der Waals surface area (Å²) in [6.45, 7) is 13.3. The van der Waals surface area contributed by atoms with Crippen molar-refractivity contribution in [1.82, 2.24) is 0 Å². The summed E-state index contributed by atoms with van der Waals surface area (Å²) in [6.07, 6.45) is -2.15. The van der Waals surface area contributed by atoms with Gasteiger partial charge in [0.05, 0.1) is 20.3 Å². The van der Waals surface area contributed by atoms with Crippen LogP contribution in [0.5, 0.6) is 5.75 Å². The number of aliphatic hydroxyl groups is 1. The SMILES string of the molecule is COc1ccc(CO[C@@H]2[C@@H](O[Si](C)(C)C(C)(C)C)[C@](C)(O)[C@@H](COC(c3ccccc3)(c3ccccc3)c3ccccc3)O[C@H]2Sc2ccccc2)cc1. The molecule has 1 fully saturated rings. The van der Waals surface area contributed by atoms with Crippen LogP contribution in [-0.4, -0.2) is 56.5 Å². The van der Waals surface area contributed by atoms with Gasteiger partial charge in [-0.2, -0.15) is 0 Å². The molecule has 0 bridgehead atoms. The largest absolute Gasteiger partial charge is 0.497 e. The molecule has 0 unspecified atom stereocenters. The molecule has 0 amide bonds. The van der Waals surface area contributed by atoms with Gasteiger partial charge >= 0.3 is 0 Å². The number of hydrogen-bond donors (Lipinski definition) is 1. The summed E-state index contributed by atoms with van der Waals surface area (Å²) in [4.78, 5) is 1.03. The standard InChI is InChI=1S/C46H54O6SSi/c1-44(2,3)54(6,7)52-42-41(49-32-34-28-30-38(48-5)31-29-34)43(53-39-26-18-11-19-27-39)51-40(45(42,4)47)33-50-46(35-20-12-8-13-21-35,36-22-14-9-15-23-36)37-24-16-10-17-25-37/h8-31,40-43,47H,32-33H2,1-7H3/t40-,41-,42-,43+,45-/m1/s1. The van der Waals surface area contributed by atoms with E-state index in [0.29, 0.717) is 6.61 Å². The topological polar surface area (TPSA) is 66.4 Å². The molecule has 8 heteroatoms. The van der Waals surface area contributed by atoms with Gasteiger partial charge in [-0.3, -0.25) is 0 Å². The van der Waals surface area contributed by atoms with Gasteiger partial charge in [-0.25, -0.2) is 0 Å². The molecule has 5 atom stereocenters. The molecule has 1 aliphatic heterocycles. The lowest BCUT2D eigenvalue weighted by atomic mass is 9.79. The molecule has 1 heterocycles. The average molecular weight is 763 g/mol. The van der Waals surface area contributed by atoms with Gasteiger partial charge in [0, 0.05) is 4.90 Å². The van der Waals surface area contributed by atoms with Crippen molar-refractivity contribution in [2.75, 3.05) is 13.7 Å². The zero-order valence-electron chi connectivity index (χ0n) is 32.5. The van der Waals surface area contributed by atoms with Gasteiger partial charge in [-0.15, -0.1) is 0 Å². The first kappa shape index (κ1) is 39.9. The Morgan fingerprint density at radius 3 is 1.67 bits per heavy atom. The molecule has 0 saturated carbocycles.